The van der Waals surface area contributed by atoms with Gasteiger partial charge < -0.3 is 5.11 Å². The summed E-state index contributed by atoms with van der Waals surface area (Å²) in [6.07, 6.45) is 1.79. The van der Waals surface area contributed by atoms with Crippen molar-refractivity contribution in [2.24, 2.45) is 13.0 Å². The Morgan fingerprint density at radius 2 is 2.00 bits per heavy atom. The van der Waals surface area contributed by atoms with Gasteiger partial charge in [-0.15, -0.1) is 0 Å². The number of rotatable bonds is 4. The molecule has 90 valence electrons. The summed E-state index contributed by atoms with van der Waals surface area (Å²) in [6.45, 7) is 2.02. The minimum Gasteiger partial charge on any atom is -0.388 e. The van der Waals surface area contributed by atoms with E-state index in [4.69, 9.17) is 0 Å². The predicted octanol–water partition coefficient (Wildman–Crippen LogP) is 1.73. The summed E-state index contributed by atoms with van der Waals surface area (Å²) in [6, 6.07) is 9.71. The quantitative estimate of drug-likeness (QED) is 0.871. The van der Waals surface area contributed by atoms with Gasteiger partial charge in [0.25, 0.3) is 0 Å². The SMILES string of the molecule is CC(Cc1ncnn1C)C(O)c1ccccc1. The molecule has 1 heterocycles. The van der Waals surface area contributed by atoms with Crippen LogP contribution in [0.25, 0.3) is 0 Å². The van der Waals surface area contributed by atoms with E-state index in [1.807, 2.05) is 44.3 Å². The number of hydrogen-bond donors (Lipinski definition) is 1. The molecular weight excluding hydrogens is 214 g/mol. The smallest absolute Gasteiger partial charge is 0.138 e. The second-order valence-electron chi connectivity index (χ2n) is 4.34. The molecule has 1 aromatic heterocycles. The average molecular weight is 231 g/mol. The zero-order valence-electron chi connectivity index (χ0n) is 10.1. The summed E-state index contributed by atoms with van der Waals surface area (Å²) >= 11 is 0. The van der Waals surface area contributed by atoms with Crippen LogP contribution in [0, 0.1) is 5.92 Å². The van der Waals surface area contributed by atoms with Gasteiger partial charge in [0.2, 0.25) is 0 Å². The zero-order chi connectivity index (χ0) is 12.3. The van der Waals surface area contributed by atoms with Gasteiger partial charge in [-0.05, 0) is 11.5 Å². The fourth-order valence-electron chi connectivity index (χ4n) is 1.88. The maximum absolute atomic E-state index is 10.2. The molecule has 4 heteroatoms. The third kappa shape index (κ3) is 2.71. The third-order valence-electron chi connectivity index (χ3n) is 2.99. The normalized spacial score (nSPS) is 14.5. The number of aliphatic hydroxyl groups excluding tert-OH is 1. The lowest BCUT2D eigenvalue weighted by Crippen LogP contribution is -2.14. The Morgan fingerprint density at radius 1 is 1.29 bits per heavy atom. The molecule has 17 heavy (non-hydrogen) atoms. The number of aromatic nitrogens is 3. The highest BCUT2D eigenvalue weighted by Gasteiger charge is 2.18. The highest BCUT2D eigenvalue weighted by Crippen LogP contribution is 2.23. The Kier molecular flexibility index (Phi) is 3.54. The summed E-state index contributed by atoms with van der Waals surface area (Å²) in [5, 5.41) is 14.2. The lowest BCUT2D eigenvalue weighted by Gasteiger charge is -2.18. The van der Waals surface area contributed by atoms with Gasteiger partial charge in [0.1, 0.15) is 12.2 Å². The molecule has 0 fully saturated rings. The van der Waals surface area contributed by atoms with Crippen molar-refractivity contribution in [3.63, 3.8) is 0 Å². The Bertz CT molecular complexity index is 467. The Morgan fingerprint density at radius 3 is 2.59 bits per heavy atom. The topological polar surface area (TPSA) is 50.9 Å². The zero-order valence-corrected chi connectivity index (χ0v) is 10.1. The maximum atomic E-state index is 10.2. The van der Waals surface area contributed by atoms with Crippen molar-refractivity contribution < 1.29 is 5.11 Å². The number of aliphatic hydroxyl groups is 1. The molecule has 0 saturated heterocycles. The first-order valence-electron chi connectivity index (χ1n) is 5.74. The van der Waals surface area contributed by atoms with Crippen LogP contribution in [-0.2, 0) is 13.5 Å². The van der Waals surface area contributed by atoms with Gasteiger partial charge in [0.15, 0.2) is 0 Å². The number of benzene rings is 1. The molecule has 0 aliphatic carbocycles. The van der Waals surface area contributed by atoms with E-state index in [-0.39, 0.29) is 5.92 Å². The summed E-state index contributed by atoms with van der Waals surface area (Å²) in [4.78, 5) is 4.17. The molecule has 1 N–H and O–H groups in total. The van der Waals surface area contributed by atoms with Crippen LogP contribution in [0.15, 0.2) is 36.7 Å². The number of hydrogen-bond acceptors (Lipinski definition) is 3. The molecule has 4 nitrogen and oxygen atoms in total. The monoisotopic (exact) mass is 231 g/mol. The molecule has 0 saturated carbocycles. The van der Waals surface area contributed by atoms with Crippen molar-refractivity contribution in [1.82, 2.24) is 14.8 Å². The lowest BCUT2D eigenvalue weighted by molar-refractivity contribution is 0.116. The second-order valence-corrected chi connectivity index (χ2v) is 4.34. The molecule has 0 aliphatic rings. The molecule has 2 atom stereocenters. The molecule has 2 unspecified atom stereocenters. The Labute approximate surface area is 101 Å². The van der Waals surface area contributed by atoms with Gasteiger partial charge in [-0.2, -0.15) is 5.10 Å². The molecule has 0 spiro atoms. The van der Waals surface area contributed by atoms with Crippen LogP contribution in [-0.4, -0.2) is 19.9 Å². The first-order chi connectivity index (χ1) is 8.18. The lowest BCUT2D eigenvalue weighted by atomic mass is 9.94. The minimum absolute atomic E-state index is 0.111. The van der Waals surface area contributed by atoms with Crippen LogP contribution in [0.2, 0.25) is 0 Å². The van der Waals surface area contributed by atoms with Crippen LogP contribution in [0.5, 0.6) is 0 Å². The van der Waals surface area contributed by atoms with Gasteiger partial charge in [0, 0.05) is 13.5 Å². The summed E-state index contributed by atoms with van der Waals surface area (Å²) in [5.74, 6) is 1.01. The average Bonchev–Trinajstić information content (AvgIpc) is 2.75. The molecular formula is C13H17N3O. The molecule has 1 aromatic carbocycles. The number of aryl methyl sites for hydroxylation is 1. The van der Waals surface area contributed by atoms with Crippen LogP contribution in [0.3, 0.4) is 0 Å². The van der Waals surface area contributed by atoms with E-state index in [0.717, 1.165) is 11.4 Å². The van der Waals surface area contributed by atoms with E-state index in [0.29, 0.717) is 6.42 Å². The molecule has 0 radical (unpaired) electrons. The standard InChI is InChI=1S/C13H17N3O/c1-10(8-12-14-9-15-16(12)2)13(17)11-6-4-3-5-7-11/h3-7,9-10,13,17H,8H2,1-2H3. The van der Waals surface area contributed by atoms with E-state index in [1.54, 1.807) is 4.68 Å². The van der Waals surface area contributed by atoms with Crippen LogP contribution >= 0.6 is 0 Å². The van der Waals surface area contributed by atoms with Crippen LogP contribution in [0.1, 0.15) is 24.4 Å². The van der Waals surface area contributed by atoms with Crippen molar-refractivity contribution in [3.05, 3.63) is 48.0 Å². The Hall–Kier alpha value is -1.68. The van der Waals surface area contributed by atoms with Gasteiger partial charge >= 0.3 is 0 Å². The van der Waals surface area contributed by atoms with E-state index in [1.165, 1.54) is 6.33 Å². The van der Waals surface area contributed by atoms with E-state index < -0.39 is 6.10 Å². The van der Waals surface area contributed by atoms with Crippen molar-refractivity contribution in [3.8, 4) is 0 Å². The summed E-state index contributed by atoms with van der Waals surface area (Å²) in [5.41, 5.74) is 0.946. The van der Waals surface area contributed by atoms with E-state index in [2.05, 4.69) is 10.1 Å². The molecule has 2 rings (SSSR count). The molecule has 2 aromatic rings. The highest BCUT2D eigenvalue weighted by atomic mass is 16.3. The van der Waals surface area contributed by atoms with Gasteiger partial charge in [-0.1, -0.05) is 37.3 Å². The van der Waals surface area contributed by atoms with Crippen LogP contribution < -0.4 is 0 Å². The predicted molar refractivity (Wildman–Crippen MR) is 65.3 cm³/mol. The van der Waals surface area contributed by atoms with E-state index >= 15 is 0 Å². The van der Waals surface area contributed by atoms with Crippen molar-refractivity contribution in [2.45, 2.75) is 19.4 Å². The number of nitrogens with zero attached hydrogens (tertiary/aromatic N) is 3. The van der Waals surface area contributed by atoms with E-state index in [9.17, 15) is 5.11 Å². The summed E-state index contributed by atoms with van der Waals surface area (Å²) < 4.78 is 1.74. The fourth-order valence-corrected chi connectivity index (χ4v) is 1.88. The first-order valence-corrected chi connectivity index (χ1v) is 5.74. The van der Waals surface area contributed by atoms with Crippen molar-refractivity contribution >= 4 is 0 Å². The second kappa shape index (κ2) is 5.10. The summed E-state index contributed by atoms with van der Waals surface area (Å²) in [7, 11) is 1.87. The molecule has 0 aliphatic heterocycles. The molecule has 0 amide bonds. The van der Waals surface area contributed by atoms with Crippen LogP contribution in [0.4, 0.5) is 0 Å². The van der Waals surface area contributed by atoms with Crippen molar-refractivity contribution in [2.75, 3.05) is 0 Å². The maximum Gasteiger partial charge on any atom is 0.138 e. The van der Waals surface area contributed by atoms with Gasteiger partial charge in [-0.3, -0.25) is 4.68 Å². The third-order valence-corrected chi connectivity index (χ3v) is 2.99. The Balaban J connectivity index is 2.06. The fraction of sp³-hybridized carbons (Fsp3) is 0.385. The van der Waals surface area contributed by atoms with Gasteiger partial charge in [-0.25, -0.2) is 4.98 Å². The molecule has 0 bridgehead atoms. The largest absolute Gasteiger partial charge is 0.388 e. The minimum atomic E-state index is -0.465. The first kappa shape index (κ1) is 11.8. The van der Waals surface area contributed by atoms with Crippen molar-refractivity contribution in [1.29, 1.82) is 0 Å². The van der Waals surface area contributed by atoms with Gasteiger partial charge in [0.05, 0.1) is 6.10 Å². The highest BCUT2D eigenvalue weighted by molar-refractivity contribution is 5.18.